The number of ether oxygens (including phenoxy) is 1. The number of nitrogens with zero attached hydrogens (tertiary/aromatic N) is 1. The van der Waals surface area contributed by atoms with Crippen molar-refractivity contribution in [1.82, 2.24) is 15.6 Å². The van der Waals surface area contributed by atoms with Gasteiger partial charge < -0.3 is 15.4 Å². The number of aromatic nitrogens is 1. The Balaban J connectivity index is 0.00000225. The Morgan fingerprint density at radius 2 is 2.12 bits per heavy atom. The van der Waals surface area contributed by atoms with E-state index in [0.717, 1.165) is 36.5 Å². The summed E-state index contributed by atoms with van der Waals surface area (Å²) in [4.78, 5) is 16.8. The third-order valence-corrected chi connectivity index (χ3v) is 5.78. The molecule has 0 saturated carbocycles. The van der Waals surface area contributed by atoms with E-state index in [1.165, 1.54) is 4.70 Å². The van der Waals surface area contributed by atoms with Crippen LogP contribution in [0.1, 0.15) is 24.3 Å². The molecule has 0 spiro atoms. The van der Waals surface area contributed by atoms with Gasteiger partial charge in [-0.15, -0.1) is 23.7 Å². The second-order valence-electron chi connectivity index (χ2n) is 6.54. The topological polar surface area (TPSA) is 63.2 Å². The zero-order valence-electron chi connectivity index (χ0n) is 14.5. The molecule has 7 heteroatoms. The summed E-state index contributed by atoms with van der Waals surface area (Å²) in [7, 11) is 1.73. The van der Waals surface area contributed by atoms with Crippen LogP contribution < -0.4 is 10.6 Å². The molecule has 1 aromatic heterocycles. The summed E-state index contributed by atoms with van der Waals surface area (Å²) >= 11 is 1.67. The Morgan fingerprint density at radius 1 is 1.36 bits per heavy atom. The van der Waals surface area contributed by atoms with Crippen molar-refractivity contribution in [2.24, 2.45) is 5.41 Å². The van der Waals surface area contributed by atoms with Gasteiger partial charge in [-0.05, 0) is 38.1 Å². The van der Waals surface area contributed by atoms with Gasteiger partial charge in [0.1, 0.15) is 0 Å². The molecule has 25 heavy (non-hydrogen) atoms. The van der Waals surface area contributed by atoms with Crippen LogP contribution in [0.5, 0.6) is 0 Å². The molecule has 2 N–H and O–H groups in total. The Morgan fingerprint density at radius 3 is 2.84 bits per heavy atom. The number of carbonyl (C=O) groups is 1. The summed E-state index contributed by atoms with van der Waals surface area (Å²) in [5.41, 5.74) is 1.09. The first-order valence-corrected chi connectivity index (χ1v) is 9.33. The smallest absolute Gasteiger partial charge is 0.220 e. The Labute approximate surface area is 159 Å². The van der Waals surface area contributed by atoms with E-state index in [4.69, 9.17) is 4.74 Å². The molecule has 1 aromatic carbocycles. The van der Waals surface area contributed by atoms with Crippen molar-refractivity contribution in [3.05, 3.63) is 29.3 Å². The average molecular weight is 384 g/mol. The van der Waals surface area contributed by atoms with E-state index in [0.29, 0.717) is 26.0 Å². The van der Waals surface area contributed by atoms with Crippen LogP contribution in [0.3, 0.4) is 0 Å². The number of para-hydroxylation sites is 1. The Hall–Kier alpha value is -1.21. The number of fused-ring (bicyclic) bond motifs is 1. The molecular weight excluding hydrogens is 358 g/mol. The SMILES string of the molecule is COCC1(CNC(=O)CCc2nc3ccccc3s2)CCNCC1.Cl. The van der Waals surface area contributed by atoms with E-state index in [-0.39, 0.29) is 23.7 Å². The van der Waals surface area contributed by atoms with Gasteiger partial charge in [-0.3, -0.25) is 4.79 Å². The predicted molar refractivity (Wildman–Crippen MR) is 105 cm³/mol. The number of hydrogen-bond donors (Lipinski definition) is 2. The average Bonchev–Trinajstić information content (AvgIpc) is 3.02. The minimum Gasteiger partial charge on any atom is -0.384 e. The van der Waals surface area contributed by atoms with Crippen molar-refractivity contribution in [2.75, 3.05) is 33.4 Å². The summed E-state index contributed by atoms with van der Waals surface area (Å²) in [5.74, 6) is 0.100. The van der Waals surface area contributed by atoms with E-state index in [1.54, 1.807) is 18.4 Å². The van der Waals surface area contributed by atoms with Gasteiger partial charge in [0.05, 0.1) is 21.8 Å². The lowest BCUT2D eigenvalue weighted by Gasteiger charge is -2.37. The second-order valence-corrected chi connectivity index (χ2v) is 7.65. The van der Waals surface area contributed by atoms with Crippen molar-refractivity contribution in [1.29, 1.82) is 0 Å². The third kappa shape index (κ3) is 5.38. The van der Waals surface area contributed by atoms with E-state index >= 15 is 0 Å². The van der Waals surface area contributed by atoms with Crippen LogP contribution in [0, 0.1) is 5.41 Å². The zero-order chi connectivity index (χ0) is 16.8. The predicted octanol–water partition coefficient (Wildman–Crippen LogP) is 2.78. The molecule has 2 heterocycles. The van der Waals surface area contributed by atoms with Gasteiger partial charge >= 0.3 is 0 Å². The number of halogens is 1. The molecule has 1 aliphatic rings. The van der Waals surface area contributed by atoms with Crippen LogP contribution in [-0.2, 0) is 16.0 Å². The number of thiazole rings is 1. The molecule has 0 radical (unpaired) electrons. The number of carbonyl (C=O) groups excluding carboxylic acids is 1. The largest absolute Gasteiger partial charge is 0.384 e. The quantitative estimate of drug-likeness (QED) is 0.771. The van der Waals surface area contributed by atoms with Gasteiger partial charge in [0.15, 0.2) is 0 Å². The lowest BCUT2D eigenvalue weighted by atomic mass is 9.79. The molecule has 1 saturated heterocycles. The van der Waals surface area contributed by atoms with Crippen LogP contribution in [0.25, 0.3) is 10.2 Å². The first-order valence-electron chi connectivity index (χ1n) is 8.52. The molecule has 138 valence electrons. The van der Waals surface area contributed by atoms with Crippen LogP contribution in [0.15, 0.2) is 24.3 Å². The van der Waals surface area contributed by atoms with Crippen LogP contribution in [0.2, 0.25) is 0 Å². The van der Waals surface area contributed by atoms with Crippen molar-refractivity contribution in [2.45, 2.75) is 25.7 Å². The highest BCUT2D eigenvalue weighted by Gasteiger charge is 2.32. The minimum atomic E-state index is 0. The second kappa shape index (κ2) is 9.48. The van der Waals surface area contributed by atoms with Crippen LogP contribution >= 0.6 is 23.7 Å². The summed E-state index contributed by atoms with van der Waals surface area (Å²) < 4.78 is 6.57. The monoisotopic (exact) mass is 383 g/mol. The molecule has 0 aliphatic carbocycles. The maximum atomic E-state index is 12.2. The van der Waals surface area contributed by atoms with Crippen molar-refractivity contribution >= 4 is 39.9 Å². The summed E-state index contributed by atoms with van der Waals surface area (Å²) in [6, 6.07) is 8.10. The van der Waals surface area contributed by atoms with Gasteiger partial charge in [0, 0.05) is 31.9 Å². The molecule has 1 aliphatic heterocycles. The van der Waals surface area contributed by atoms with Crippen molar-refractivity contribution in [3.8, 4) is 0 Å². The van der Waals surface area contributed by atoms with E-state index in [1.807, 2.05) is 18.2 Å². The Kier molecular flexibility index (Phi) is 7.62. The molecule has 2 aromatic rings. The van der Waals surface area contributed by atoms with Gasteiger partial charge in [-0.2, -0.15) is 0 Å². The highest BCUT2D eigenvalue weighted by molar-refractivity contribution is 7.18. The van der Waals surface area contributed by atoms with Crippen LogP contribution in [0.4, 0.5) is 0 Å². The standard InChI is InChI=1S/C18H25N3O2S.ClH/c1-23-13-18(8-10-19-11-9-18)12-20-16(22)6-7-17-21-14-4-2-3-5-15(14)24-17;/h2-5,19H,6-13H2,1H3,(H,20,22);1H. The fraction of sp³-hybridized carbons (Fsp3) is 0.556. The maximum Gasteiger partial charge on any atom is 0.220 e. The number of piperidine rings is 1. The molecule has 5 nitrogen and oxygen atoms in total. The zero-order valence-corrected chi connectivity index (χ0v) is 16.2. The number of rotatable bonds is 7. The molecule has 1 amide bonds. The summed E-state index contributed by atoms with van der Waals surface area (Å²) in [6.45, 7) is 3.38. The number of nitrogens with one attached hydrogen (secondary N) is 2. The van der Waals surface area contributed by atoms with Gasteiger partial charge in [0.2, 0.25) is 5.91 Å². The minimum absolute atomic E-state index is 0. The number of hydrogen-bond acceptors (Lipinski definition) is 5. The molecule has 0 unspecified atom stereocenters. The van der Waals surface area contributed by atoms with E-state index in [9.17, 15) is 4.79 Å². The van der Waals surface area contributed by atoms with Crippen LogP contribution in [-0.4, -0.2) is 44.2 Å². The number of amides is 1. The molecular formula is C18H26ClN3O2S. The lowest BCUT2D eigenvalue weighted by Crippen LogP contribution is -2.47. The summed E-state index contributed by atoms with van der Waals surface area (Å²) in [5, 5.41) is 7.51. The number of methoxy groups -OCH3 is 1. The van der Waals surface area contributed by atoms with E-state index < -0.39 is 0 Å². The maximum absolute atomic E-state index is 12.2. The van der Waals surface area contributed by atoms with Gasteiger partial charge in [-0.1, -0.05) is 12.1 Å². The van der Waals surface area contributed by atoms with E-state index in [2.05, 4.69) is 21.7 Å². The fourth-order valence-electron chi connectivity index (χ4n) is 3.26. The number of aryl methyl sites for hydroxylation is 1. The van der Waals surface area contributed by atoms with Crippen molar-refractivity contribution in [3.63, 3.8) is 0 Å². The van der Waals surface area contributed by atoms with Gasteiger partial charge in [-0.25, -0.2) is 4.98 Å². The first-order chi connectivity index (χ1) is 11.7. The normalized spacial score (nSPS) is 16.4. The fourth-order valence-corrected chi connectivity index (χ4v) is 4.22. The molecule has 0 bridgehead atoms. The van der Waals surface area contributed by atoms with Crippen molar-refractivity contribution < 1.29 is 9.53 Å². The summed E-state index contributed by atoms with van der Waals surface area (Å²) in [6.07, 6.45) is 3.27. The molecule has 0 atom stereocenters. The number of benzene rings is 1. The van der Waals surface area contributed by atoms with Gasteiger partial charge in [0.25, 0.3) is 0 Å². The highest BCUT2D eigenvalue weighted by atomic mass is 35.5. The Bertz CT molecular complexity index is 647. The molecule has 1 fully saturated rings. The first kappa shape index (κ1) is 20.1. The molecule has 3 rings (SSSR count). The lowest BCUT2D eigenvalue weighted by molar-refractivity contribution is -0.122. The third-order valence-electron chi connectivity index (χ3n) is 4.68. The highest BCUT2D eigenvalue weighted by Crippen LogP contribution is 2.28.